The van der Waals surface area contributed by atoms with Gasteiger partial charge in [0.05, 0.1) is 0 Å². The number of carbonyl (C=O) groups excluding carboxylic acids is 1. The number of anilines is 1. The highest BCUT2D eigenvalue weighted by molar-refractivity contribution is 6.01. The molecule has 0 unspecified atom stereocenters. The Kier molecular flexibility index (Phi) is 1.75. The molecule has 66 valence electrons. The highest BCUT2D eigenvalue weighted by Gasteiger charge is 2.07. The molecule has 7 heteroatoms. The Morgan fingerprint density at radius 2 is 2.46 bits per heavy atom. The Morgan fingerprint density at radius 3 is 3.08 bits per heavy atom. The van der Waals surface area contributed by atoms with Crippen molar-refractivity contribution in [2.24, 2.45) is 0 Å². The molecule has 0 aliphatic carbocycles. The van der Waals surface area contributed by atoms with E-state index in [4.69, 9.17) is 0 Å². The number of H-pyrrole nitrogens is 2. The number of aromatic amines is 2. The van der Waals surface area contributed by atoms with Crippen LogP contribution in [-0.2, 0) is 0 Å². The number of rotatable bonds is 2. The molecule has 0 saturated heterocycles. The van der Waals surface area contributed by atoms with Crippen molar-refractivity contribution < 1.29 is 4.79 Å². The summed E-state index contributed by atoms with van der Waals surface area (Å²) in [6.07, 6.45) is 1.66. The third-order valence-corrected chi connectivity index (χ3v) is 1.42. The molecule has 0 atom stereocenters. The smallest absolute Gasteiger partial charge is 0.274 e. The molecular weight excluding hydrogens is 172 g/mol. The molecule has 0 aliphatic heterocycles. The third-order valence-electron chi connectivity index (χ3n) is 1.42. The largest absolute Gasteiger partial charge is 0.357 e. The number of hydrogen-bond acceptors (Lipinski definition) is 4. The van der Waals surface area contributed by atoms with E-state index >= 15 is 0 Å². The van der Waals surface area contributed by atoms with Gasteiger partial charge in [0.1, 0.15) is 5.69 Å². The van der Waals surface area contributed by atoms with Gasteiger partial charge in [-0.05, 0) is 22.6 Å². The quantitative estimate of drug-likeness (QED) is 0.591. The lowest BCUT2D eigenvalue weighted by Gasteiger charge is -1.96. The van der Waals surface area contributed by atoms with Crippen LogP contribution in [0.4, 0.5) is 5.95 Å². The van der Waals surface area contributed by atoms with E-state index < -0.39 is 0 Å². The zero-order chi connectivity index (χ0) is 9.10. The molecule has 1 amide bonds. The third kappa shape index (κ3) is 1.53. The van der Waals surface area contributed by atoms with Crippen LogP contribution in [0.3, 0.4) is 0 Å². The van der Waals surface area contributed by atoms with E-state index in [1.54, 1.807) is 18.3 Å². The van der Waals surface area contributed by atoms with E-state index in [0.717, 1.165) is 0 Å². The van der Waals surface area contributed by atoms with E-state index in [1.165, 1.54) is 0 Å². The van der Waals surface area contributed by atoms with Crippen molar-refractivity contribution in [3.05, 3.63) is 24.0 Å². The van der Waals surface area contributed by atoms with Crippen molar-refractivity contribution in [1.82, 2.24) is 25.6 Å². The standard InChI is InChI=1S/C6H6N6O/c13-5(4-2-1-3-7-4)8-6-9-11-12-10-6/h1-3,7H,(H2,8,9,10,11,12,13). The van der Waals surface area contributed by atoms with Crippen LogP contribution in [0.1, 0.15) is 10.5 Å². The fourth-order valence-electron chi connectivity index (χ4n) is 0.859. The van der Waals surface area contributed by atoms with Gasteiger partial charge in [-0.3, -0.25) is 10.1 Å². The number of hydrogen-bond donors (Lipinski definition) is 3. The second kappa shape index (κ2) is 3.05. The van der Waals surface area contributed by atoms with Gasteiger partial charge in [-0.15, -0.1) is 0 Å². The minimum absolute atomic E-state index is 0.222. The summed E-state index contributed by atoms with van der Waals surface area (Å²) in [5.74, 6) is -0.0665. The number of amides is 1. The van der Waals surface area contributed by atoms with Gasteiger partial charge in [-0.1, -0.05) is 5.10 Å². The Hall–Kier alpha value is -2.18. The molecule has 2 aromatic rings. The molecule has 0 fully saturated rings. The molecule has 13 heavy (non-hydrogen) atoms. The minimum Gasteiger partial charge on any atom is -0.357 e. The molecule has 2 rings (SSSR count). The first-order valence-corrected chi connectivity index (χ1v) is 3.55. The Labute approximate surface area is 72.5 Å². The molecule has 2 heterocycles. The molecule has 3 N–H and O–H groups in total. The van der Waals surface area contributed by atoms with Crippen LogP contribution in [0, 0.1) is 0 Å². The van der Waals surface area contributed by atoms with Gasteiger partial charge in [0, 0.05) is 6.20 Å². The maximum absolute atomic E-state index is 11.3. The number of aromatic nitrogens is 5. The molecule has 0 bridgehead atoms. The maximum atomic E-state index is 11.3. The summed E-state index contributed by atoms with van der Waals surface area (Å²) in [6.45, 7) is 0. The molecule has 0 saturated carbocycles. The average Bonchev–Trinajstić information content (AvgIpc) is 2.74. The number of carbonyl (C=O) groups is 1. The van der Waals surface area contributed by atoms with Crippen molar-refractivity contribution in [2.45, 2.75) is 0 Å². The normalized spacial score (nSPS) is 9.85. The molecule has 0 aromatic carbocycles. The van der Waals surface area contributed by atoms with Gasteiger partial charge in [0.25, 0.3) is 5.91 Å². The highest BCUT2D eigenvalue weighted by Crippen LogP contribution is 1.98. The second-order valence-electron chi connectivity index (χ2n) is 2.29. The summed E-state index contributed by atoms with van der Waals surface area (Å²) < 4.78 is 0. The topological polar surface area (TPSA) is 99.3 Å². The zero-order valence-corrected chi connectivity index (χ0v) is 6.48. The molecule has 7 nitrogen and oxygen atoms in total. The molecular formula is C6H6N6O. The van der Waals surface area contributed by atoms with Crippen LogP contribution < -0.4 is 5.32 Å². The summed E-state index contributed by atoms with van der Waals surface area (Å²) in [6, 6.07) is 3.38. The van der Waals surface area contributed by atoms with Crippen LogP contribution >= 0.6 is 0 Å². The predicted octanol–water partition coefficient (Wildman–Crippen LogP) is -0.220. The monoisotopic (exact) mass is 178 g/mol. The fourth-order valence-corrected chi connectivity index (χ4v) is 0.859. The van der Waals surface area contributed by atoms with Crippen LogP contribution in [0.25, 0.3) is 0 Å². The number of nitrogens with one attached hydrogen (secondary N) is 3. The van der Waals surface area contributed by atoms with Gasteiger partial charge in [-0.2, -0.15) is 0 Å². The first-order valence-electron chi connectivity index (χ1n) is 3.55. The van der Waals surface area contributed by atoms with E-state index in [0.29, 0.717) is 5.69 Å². The van der Waals surface area contributed by atoms with E-state index in [2.05, 4.69) is 30.9 Å². The van der Waals surface area contributed by atoms with Crippen molar-refractivity contribution >= 4 is 11.9 Å². The Balaban J connectivity index is 2.08. The van der Waals surface area contributed by atoms with E-state index in [-0.39, 0.29) is 11.9 Å². The summed E-state index contributed by atoms with van der Waals surface area (Å²) >= 11 is 0. The number of tetrazole rings is 1. The second-order valence-corrected chi connectivity index (χ2v) is 2.29. The van der Waals surface area contributed by atoms with Crippen LogP contribution in [0.15, 0.2) is 18.3 Å². The van der Waals surface area contributed by atoms with Crippen molar-refractivity contribution in [2.75, 3.05) is 5.32 Å². The van der Waals surface area contributed by atoms with Crippen molar-refractivity contribution in [3.8, 4) is 0 Å². The molecule has 0 radical (unpaired) electrons. The molecule has 2 aromatic heterocycles. The van der Waals surface area contributed by atoms with Crippen molar-refractivity contribution in [1.29, 1.82) is 0 Å². The van der Waals surface area contributed by atoms with Crippen LogP contribution in [0.2, 0.25) is 0 Å². The average molecular weight is 178 g/mol. The van der Waals surface area contributed by atoms with E-state index in [1.807, 2.05) is 0 Å². The lowest BCUT2D eigenvalue weighted by Crippen LogP contribution is -2.13. The van der Waals surface area contributed by atoms with E-state index in [9.17, 15) is 4.79 Å². The van der Waals surface area contributed by atoms with Crippen molar-refractivity contribution in [3.63, 3.8) is 0 Å². The minimum atomic E-state index is -0.288. The van der Waals surface area contributed by atoms with Gasteiger partial charge in [0.15, 0.2) is 0 Å². The van der Waals surface area contributed by atoms with Gasteiger partial charge in [0.2, 0.25) is 5.95 Å². The zero-order valence-electron chi connectivity index (χ0n) is 6.48. The predicted molar refractivity (Wildman–Crippen MR) is 42.9 cm³/mol. The summed E-state index contributed by atoms with van der Waals surface area (Å²) in [4.78, 5) is 14.1. The van der Waals surface area contributed by atoms with Gasteiger partial charge in [-0.25, -0.2) is 5.10 Å². The Morgan fingerprint density at radius 1 is 1.54 bits per heavy atom. The summed E-state index contributed by atoms with van der Waals surface area (Å²) in [7, 11) is 0. The highest BCUT2D eigenvalue weighted by atomic mass is 16.2. The number of nitrogens with zero attached hydrogens (tertiary/aromatic N) is 3. The molecule has 0 aliphatic rings. The Bertz CT molecular complexity index is 377. The lowest BCUT2D eigenvalue weighted by atomic mass is 10.4. The van der Waals surface area contributed by atoms with Crippen LogP contribution in [0.5, 0.6) is 0 Å². The SMILES string of the molecule is O=C(Nc1nnn[nH]1)c1ccc[nH]1. The van der Waals surface area contributed by atoms with Crippen LogP contribution in [-0.4, -0.2) is 31.5 Å². The maximum Gasteiger partial charge on any atom is 0.274 e. The lowest BCUT2D eigenvalue weighted by molar-refractivity contribution is 0.102. The fraction of sp³-hybridized carbons (Fsp3) is 0. The molecule has 0 spiro atoms. The van der Waals surface area contributed by atoms with Gasteiger partial charge >= 0.3 is 0 Å². The summed E-state index contributed by atoms with van der Waals surface area (Å²) in [5, 5.41) is 15.0. The first-order chi connectivity index (χ1) is 6.36. The van der Waals surface area contributed by atoms with Gasteiger partial charge < -0.3 is 4.98 Å². The summed E-state index contributed by atoms with van der Waals surface area (Å²) in [5.41, 5.74) is 0.455. The first kappa shape index (κ1) is 7.47.